The first-order valence-electron chi connectivity index (χ1n) is 10.9. The third-order valence-corrected chi connectivity index (χ3v) is 9.40. The highest BCUT2D eigenvalue weighted by molar-refractivity contribution is 5.92. The van der Waals surface area contributed by atoms with Crippen molar-refractivity contribution in [1.82, 2.24) is 0 Å². The Kier molecular flexibility index (Phi) is 3.05. The van der Waals surface area contributed by atoms with E-state index in [0.717, 1.165) is 25.7 Å². The summed E-state index contributed by atoms with van der Waals surface area (Å²) in [4.78, 5) is 24.1. The molecule has 0 aromatic heterocycles. The maximum absolute atomic E-state index is 12.1. The molecule has 3 unspecified atom stereocenters. The van der Waals surface area contributed by atoms with Crippen molar-refractivity contribution in [3.05, 3.63) is 36.0 Å². The summed E-state index contributed by atoms with van der Waals surface area (Å²) in [6.07, 6.45) is 13.1. The molecule has 4 saturated carbocycles. The lowest BCUT2D eigenvalue weighted by Crippen LogP contribution is -2.56. The minimum Gasteiger partial charge on any atom is -0.451 e. The van der Waals surface area contributed by atoms with Crippen LogP contribution in [0.25, 0.3) is 0 Å². The van der Waals surface area contributed by atoms with Gasteiger partial charge in [-0.05, 0) is 85.8 Å². The topological polar surface area (TPSA) is 43.4 Å². The first kappa shape index (κ1) is 16.3. The third kappa shape index (κ3) is 1.80. The number of ketones is 1. The molecule has 1 heterocycles. The largest absolute Gasteiger partial charge is 0.451 e. The van der Waals surface area contributed by atoms with E-state index in [0.29, 0.717) is 41.9 Å². The number of carbonyl (C=O) groups is 2. The Labute approximate surface area is 160 Å². The molecule has 0 aromatic rings. The van der Waals surface area contributed by atoms with Crippen LogP contribution in [0, 0.1) is 40.9 Å². The lowest BCUT2D eigenvalue weighted by atomic mass is 9.47. The van der Waals surface area contributed by atoms with Gasteiger partial charge >= 0.3 is 5.97 Å². The van der Waals surface area contributed by atoms with Crippen LogP contribution in [0.3, 0.4) is 0 Å². The quantitative estimate of drug-likeness (QED) is 0.648. The second kappa shape index (κ2) is 5.04. The van der Waals surface area contributed by atoms with E-state index < -0.39 is 0 Å². The molecule has 8 atom stereocenters. The molecule has 1 aliphatic heterocycles. The number of fused-ring (bicyclic) bond motifs is 9. The molecule has 0 radical (unpaired) electrons. The van der Waals surface area contributed by atoms with Crippen molar-refractivity contribution in [2.24, 2.45) is 40.9 Å². The fraction of sp³-hybridized carbons (Fsp3) is 0.667. The SMILES string of the molecule is C=C1CC2C(CC[C@@]3(CC)C2[C@@H]2C[C@@H]2[C@@]32C=CC(=O)O2)[C@H]2CCC(=O)C=C12. The van der Waals surface area contributed by atoms with E-state index in [1.807, 2.05) is 6.08 Å². The summed E-state index contributed by atoms with van der Waals surface area (Å²) in [6, 6.07) is 0. The molecule has 0 bridgehead atoms. The van der Waals surface area contributed by atoms with Crippen molar-refractivity contribution in [2.45, 2.75) is 57.5 Å². The van der Waals surface area contributed by atoms with E-state index in [1.165, 1.54) is 24.0 Å². The number of rotatable bonds is 1. The first-order chi connectivity index (χ1) is 13.0. The Hall–Kier alpha value is -1.64. The first-order valence-corrected chi connectivity index (χ1v) is 10.9. The number of hydrogen-bond acceptors (Lipinski definition) is 3. The summed E-state index contributed by atoms with van der Waals surface area (Å²) in [5, 5.41) is 0. The van der Waals surface area contributed by atoms with Crippen LogP contribution in [0.4, 0.5) is 0 Å². The molecule has 27 heavy (non-hydrogen) atoms. The van der Waals surface area contributed by atoms with Crippen LogP contribution in [-0.4, -0.2) is 17.4 Å². The van der Waals surface area contributed by atoms with Gasteiger partial charge in [0.2, 0.25) is 0 Å². The highest BCUT2D eigenvalue weighted by Crippen LogP contribution is 2.78. The zero-order chi connectivity index (χ0) is 18.6. The molecule has 3 nitrogen and oxygen atoms in total. The highest BCUT2D eigenvalue weighted by atomic mass is 16.6. The van der Waals surface area contributed by atoms with Crippen molar-refractivity contribution >= 4 is 11.8 Å². The predicted octanol–water partition coefficient (Wildman–Crippen LogP) is 4.39. The number of allylic oxidation sites excluding steroid dienone is 2. The van der Waals surface area contributed by atoms with Crippen LogP contribution in [0.15, 0.2) is 36.0 Å². The molecule has 5 aliphatic carbocycles. The van der Waals surface area contributed by atoms with Crippen molar-refractivity contribution in [2.75, 3.05) is 0 Å². The summed E-state index contributed by atoms with van der Waals surface area (Å²) >= 11 is 0. The molecule has 3 heteroatoms. The van der Waals surface area contributed by atoms with Crippen LogP contribution in [0.1, 0.15) is 51.9 Å². The maximum atomic E-state index is 12.1. The monoisotopic (exact) mass is 364 g/mol. The molecular weight excluding hydrogens is 336 g/mol. The van der Waals surface area contributed by atoms with Gasteiger partial charge in [0.15, 0.2) is 5.78 Å². The van der Waals surface area contributed by atoms with Crippen molar-refractivity contribution < 1.29 is 14.3 Å². The zero-order valence-corrected chi connectivity index (χ0v) is 16.1. The van der Waals surface area contributed by atoms with Crippen molar-refractivity contribution in [3.63, 3.8) is 0 Å². The van der Waals surface area contributed by atoms with Gasteiger partial charge in [-0.2, -0.15) is 0 Å². The van der Waals surface area contributed by atoms with Crippen molar-refractivity contribution in [1.29, 1.82) is 0 Å². The predicted molar refractivity (Wildman–Crippen MR) is 102 cm³/mol. The average Bonchev–Trinajstić information content (AvgIpc) is 3.30. The molecule has 142 valence electrons. The average molecular weight is 364 g/mol. The van der Waals surface area contributed by atoms with E-state index in [1.54, 1.807) is 6.08 Å². The van der Waals surface area contributed by atoms with E-state index in [4.69, 9.17) is 4.74 Å². The van der Waals surface area contributed by atoms with Gasteiger partial charge in [0.1, 0.15) is 5.60 Å². The molecule has 6 rings (SSSR count). The smallest absolute Gasteiger partial charge is 0.331 e. The Morgan fingerprint density at radius 1 is 1.22 bits per heavy atom. The van der Waals surface area contributed by atoms with Gasteiger partial charge in [-0.3, -0.25) is 4.79 Å². The Morgan fingerprint density at radius 3 is 2.81 bits per heavy atom. The van der Waals surface area contributed by atoms with Gasteiger partial charge in [-0.25, -0.2) is 4.79 Å². The summed E-state index contributed by atoms with van der Waals surface area (Å²) in [6.45, 7) is 6.71. The number of hydrogen-bond donors (Lipinski definition) is 0. The van der Waals surface area contributed by atoms with Gasteiger partial charge < -0.3 is 4.74 Å². The van der Waals surface area contributed by atoms with Gasteiger partial charge in [-0.15, -0.1) is 0 Å². The normalized spacial score (nSPS) is 52.0. The molecule has 6 aliphatic rings. The number of carbonyl (C=O) groups excluding carboxylic acids is 2. The van der Waals surface area contributed by atoms with Gasteiger partial charge in [0, 0.05) is 23.8 Å². The minimum absolute atomic E-state index is 0.108. The Balaban J connectivity index is 1.43. The highest BCUT2D eigenvalue weighted by Gasteiger charge is 2.78. The van der Waals surface area contributed by atoms with E-state index in [9.17, 15) is 9.59 Å². The zero-order valence-electron chi connectivity index (χ0n) is 16.1. The van der Waals surface area contributed by atoms with Crippen LogP contribution >= 0.6 is 0 Å². The standard InChI is InChI=1S/C24H28O3/c1-3-23-8-6-16-15-5-4-14(25)11-17(15)13(2)10-18(16)22(23)19-12-20(19)24(23)9-7-21(26)27-24/h7,9,11,15-16,18-20,22H,2-6,8,10,12H2,1H3/t15-,16?,18?,19-,20+,22?,23+,24+/m1/s1. The molecule has 4 fully saturated rings. The fourth-order valence-electron chi connectivity index (χ4n) is 8.52. The second-order valence-corrected chi connectivity index (χ2v) is 9.97. The minimum atomic E-state index is -0.334. The molecular formula is C24H28O3. The van der Waals surface area contributed by atoms with Crippen LogP contribution < -0.4 is 0 Å². The third-order valence-electron chi connectivity index (χ3n) is 9.40. The van der Waals surface area contributed by atoms with E-state index in [-0.39, 0.29) is 22.8 Å². The van der Waals surface area contributed by atoms with E-state index in [2.05, 4.69) is 19.6 Å². The number of esters is 1. The summed E-state index contributed by atoms with van der Waals surface area (Å²) in [5.74, 6) is 3.86. The number of ether oxygens (including phenoxy) is 1. The lowest BCUT2D eigenvalue weighted by molar-refractivity contribution is -0.171. The van der Waals surface area contributed by atoms with Gasteiger partial charge in [0.25, 0.3) is 0 Å². The molecule has 1 spiro atoms. The van der Waals surface area contributed by atoms with Crippen LogP contribution in [-0.2, 0) is 14.3 Å². The second-order valence-electron chi connectivity index (χ2n) is 9.97. The Morgan fingerprint density at radius 2 is 2.07 bits per heavy atom. The molecule has 0 aromatic carbocycles. The molecule has 0 N–H and O–H groups in total. The lowest BCUT2D eigenvalue weighted by Gasteiger charge is -2.58. The molecule has 0 saturated heterocycles. The summed E-state index contributed by atoms with van der Waals surface area (Å²) < 4.78 is 6.13. The van der Waals surface area contributed by atoms with Gasteiger partial charge in [-0.1, -0.05) is 19.1 Å². The van der Waals surface area contributed by atoms with E-state index >= 15 is 0 Å². The fourth-order valence-corrected chi connectivity index (χ4v) is 8.52. The maximum Gasteiger partial charge on any atom is 0.331 e. The molecule has 0 amide bonds. The van der Waals surface area contributed by atoms with Crippen LogP contribution in [0.5, 0.6) is 0 Å². The summed E-state index contributed by atoms with van der Waals surface area (Å²) in [7, 11) is 0. The summed E-state index contributed by atoms with van der Waals surface area (Å²) in [5.41, 5.74) is 2.25. The van der Waals surface area contributed by atoms with Gasteiger partial charge in [0.05, 0.1) is 0 Å². The van der Waals surface area contributed by atoms with Crippen LogP contribution in [0.2, 0.25) is 0 Å². The Bertz CT molecular complexity index is 835. The van der Waals surface area contributed by atoms with Crippen molar-refractivity contribution in [3.8, 4) is 0 Å².